The predicted molar refractivity (Wildman–Crippen MR) is 96.3 cm³/mol. The molecular weight excluding hydrogens is 362 g/mol. The van der Waals surface area contributed by atoms with Crippen molar-refractivity contribution in [2.24, 2.45) is 12.0 Å². The summed E-state index contributed by atoms with van der Waals surface area (Å²) in [5, 5.41) is 4.46. The number of aromatic nitrogens is 2. The summed E-state index contributed by atoms with van der Waals surface area (Å²) in [7, 11) is 5.89. The fourth-order valence-electron chi connectivity index (χ4n) is 2.17. The second-order valence-electron chi connectivity index (χ2n) is 5.09. The van der Waals surface area contributed by atoms with Gasteiger partial charge in [-0.25, -0.2) is 4.98 Å². The average molecular weight is 384 g/mol. The van der Waals surface area contributed by atoms with Crippen molar-refractivity contribution in [1.82, 2.24) is 19.8 Å². The van der Waals surface area contributed by atoms with Crippen LogP contribution in [0, 0.1) is 0 Å². The van der Waals surface area contributed by atoms with Crippen molar-refractivity contribution in [1.29, 1.82) is 0 Å². The lowest BCUT2D eigenvalue weighted by atomic mass is 10.4. The zero-order valence-corrected chi connectivity index (χ0v) is 15.8. The highest BCUT2D eigenvalue weighted by molar-refractivity contribution is 9.10. The van der Waals surface area contributed by atoms with Gasteiger partial charge in [0.25, 0.3) is 0 Å². The van der Waals surface area contributed by atoms with E-state index in [1.54, 1.807) is 18.4 Å². The Morgan fingerprint density at radius 1 is 1.55 bits per heavy atom. The minimum atomic E-state index is 0.707. The van der Waals surface area contributed by atoms with Gasteiger partial charge in [-0.1, -0.05) is 6.92 Å². The topological polar surface area (TPSA) is 45.5 Å². The minimum absolute atomic E-state index is 0.707. The molecule has 0 amide bonds. The lowest BCUT2D eigenvalue weighted by Crippen LogP contribution is -2.38. The molecule has 2 aromatic rings. The molecule has 5 nitrogen and oxygen atoms in total. The Morgan fingerprint density at radius 3 is 2.86 bits per heavy atom. The number of hydrogen-bond acceptors (Lipinski definition) is 3. The molecule has 0 bridgehead atoms. The van der Waals surface area contributed by atoms with Crippen molar-refractivity contribution in [2.75, 3.05) is 14.1 Å². The molecule has 1 N–H and O–H groups in total. The van der Waals surface area contributed by atoms with Crippen LogP contribution in [0.4, 0.5) is 0 Å². The third kappa shape index (κ3) is 4.33. The predicted octanol–water partition coefficient (Wildman–Crippen LogP) is 3.01. The molecule has 2 rings (SSSR count). The van der Waals surface area contributed by atoms with Crippen LogP contribution in [-0.2, 0) is 26.6 Å². The maximum atomic E-state index is 4.43. The van der Waals surface area contributed by atoms with E-state index in [2.05, 4.69) is 59.9 Å². The third-order valence-electron chi connectivity index (χ3n) is 3.39. The quantitative estimate of drug-likeness (QED) is 0.637. The molecule has 0 aliphatic heterocycles. The van der Waals surface area contributed by atoms with Gasteiger partial charge in [0, 0.05) is 48.6 Å². The maximum absolute atomic E-state index is 4.43. The van der Waals surface area contributed by atoms with Crippen LogP contribution in [0.15, 0.2) is 27.9 Å². The number of halogens is 1. The Balaban J connectivity index is 1.94. The second kappa shape index (κ2) is 7.78. The number of nitrogens with one attached hydrogen (secondary N) is 1. The molecule has 22 heavy (non-hydrogen) atoms. The largest absolute Gasteiger partial charge is 0.352 e. The van der Waals surface area contributed by atoms with E-state index in [0.29, 0.717) is 6.54 Å². The van der Waals surface area contributed by atoms with Crippen LogP contribution in [0.5, 0.6) is 0 Å². The first-order chi connectivity index (χ1) is 10.5. The lowest BCUT2D eigenvalue weighted by molar-refractivity contribution is 0.461. The number of guanidine groups is 1. The highest BCUT2D eigenvalue weighted by Crippen LogP contribution is 2.15. The molecular formula is C15H22BrN5S. The van der Waals surface area contributed by atoms with E-state index >= 15 is 0 Å². The van der Waals surface area contributed by atoms with Crippen molar-refractivity contribution in [2.45, 2.75) is 26.4 Å². The number of thiazole rings is 1. The lowest BCUT2D eigenvalue weighted by Gasteiger charge is -2.22. The van der Waals surface area contributed by atoms with Crippen LogP contribution in [0.3, 0.4) is 0 Å². The Bertz CT molecular complexity index is 646. The standard InChI is InChI=1S/C15H22BrN5S/c1-5-13-7-18-14(22-13)8-19-15(17-2)21(4)10-12-6-11(16)9-20(12)3/h6-7,9H,5,8,10H2,1-4H3,(H,17,19). The number of rotatable bonds is 5. The summed E-state index contributed by atoms with van der Waals surface area (Å²) in [5.41, 5.74) is 1.22. The van der Waals surface area contributed by atoms with E-state index in [1.807, 2.05) is 20.3 Å². The summed E-state index contributed by atoms with van der Waals surface area (Å²) in [5.74, 6) is 0.866. The number of hydrogen-bond donors (Lipinski definition) is 1. The van der Waals surface area contributed by atoms with E-state index in [0.717, 1.165) is 28.4 Å². The Kier molecular flexibility index (Phi) is 6.02. The Labute approximate surface area is 144 Å². The molecule has 0 fully saturated rings. The summed E-state index contributed by atoms with van der Waals surface area (Å²) in [6.07, 6.45) is 5.05. The van der Waals surface area contributed by atoms with E-state index in [4.69, 9.17) is 0 Å². The van der Waals surface area contributed by atoms with Gasteiger partial charge < -0.3 is 14.8 Å². The van der Waals surface area contributed by atoms with Crippen LogP contribution in [0.1, 0.15) is 22.5 Å². The molecule has 2 heterocycles. The molecule has 0 aliphatic rings. The molecule has 0 spiro atoms. The van der Waals surface area contributed by atoms with E-state index < -0.39 is 0 Å². The molecule has 0 aliphatic carbocycles. The first-order valence-electron chi connectivity index (χ1n) is 7.19. The van der Waals surface area contributed by atoms with Gasteiger partial charge in [0.1, 0.15) is 5.01 Å². The fourth-order valence-corrected chi connectivity index (χ4v) is 3.55. The van der Waals surface area contributed by atoms with Crippen molar-refractivity contribution in [3.05, 3.63) is 38.5 Å². The van der Waals surface area contributed by atoms with Crippen molar-refractivity contribution in [3.8, 4) is 0 Å². The summed E-state index contributed by atoms with van der Waals surface area (Å²) in [6.45, 7) is 3.65. The van der Waals surface area contributed by atoms with Crippen LogP contribution in [0.2, 0.25) is 0 Å². The molecule has 0 saturated heterocycles. The first kappa shape index (κ1) is 17.0. The number of aryl methyl sites for hydroxylation is 2. The molecule has 0 atom stereocenters. The van der Waals surface area contributed by atoms with Crippen molar-refractivity contribution >= 4 is 33.2 Å². The van der Waals surface area contributed by atoms with Crippen LogP contribution in [-0.4, -0.2) is 34.5 Å². The van der Waals surface area contributed by atoms with Crippen LogP contribution < -0.4 is 5.32 Å². The third-order valence-corrected chi connectivity index (χ3v) is 4.97. The van der Waals surface area contributed by atoms with Crippen molar-refractivity contribution in [3.63, 3.8) is 0 Å². The molecule has 7 heteroatoms. The first-order valence-corrected chi connectivity index (χ1v) is 8.80. The zero-order chi connectivity index (χ0) is 16.1. The SMILES string of the molecule is CCc1cnc(CNC(=NC)N(C)Cc2cc(Br)cn2C)s1. The summed E-state index contributed by atoms with van der Waals surface area (Å²) in [4.78, 5) is 12.2. The maximum Gasteiger partial charge on any atom is 0.194 e. The monoisotopic (exact) mass is 383 g/mol. The Hall–Kier alpha value is -1.34. The van der Waals surface area contributed by atoms with Crippen LogP contribution >= 0.6 is 27.3 Å². The normalized spacial score (nSPS) is 11.8. The fraction of sp³-hybridized carbons (Fsp3) is 0.467. The van der Waals surface area contributed by atoms with Gasteiger partial charge in [-0.15, -0.1) is 11.3 Å². The van der Waals surface area contributed by atoms with Gasteiger partial charge in [-0.3, -0.25) is 4.99 Å². The summed E-state index contributed by atoms with van der Waals surface area (Å²) < 4.78 is 3.21. The van der Waals surface area contributed by atoms with E-state index in [1.165, 1.54) is 10.6 Å². The van der Waals surface area contributed by atoms with Gasteiger partial charge in [-0.05, 0) is 28.4 Å². The number of nitrogens with zero attached hydrogens (tertiary/aromatic N) is 4. The second-order valence-corrected chi connectivity index (χ2v) is 7.21. The van der Waals surface area contributed by atoms with E-state index in [9.17, 15) is 0 Å². The molecule has 0 saturated carbocycles. The van der Waals surface area contributed by atoms with Gasteiger partial charge in [0.05, 0.1) is 13.1 Å². The Morgan fingerprint density at radius 2 is 2.32 bits per heavy atom. The molecule has 0 unspecified atom stereocenters. The highest BCUT2D eigenvalue weighted by atomic mass is 79.9. The molecule has 120 valence electrons. The molecule has 2 aromatic heterocycles. The van der Waals surface area contributed by atoms with E-state index in [-0.39, 0.29) is 0 Å². The zero-order valence-electron chi connectivity index (χ0n) is 13.4. The number of aliphatic imine (C=N–C) groups is 1. The van der Waals surface area contributed by atoms with Gasteiger partial charge in [-0.2, -0.15) is 0 Å². The minimum Gasteiger partial charge on any atom is -0.352 e. The summed E-state index contributed by atoms with van der Waals surface area (Å²) in [6, 6.07) is 2.12. The summed E-state index contributed by atoms with van der Waals surface area (Å²) >= 11 is 5.25. The van der Waals surface area contributed by atoms with Crippen molar-refractivity contribution < 1.29 is 0 Å². The van der Waals surface area contributed by atoms with Crippen LogP contribution in [0.25, 0.3) is 0 Å². The molecule has 0 radical (unpaired) electrons. The van der Waals surface area contributed by atoms with Gasteiger partial charge >= 0.3 is 0 Å². The highest BCUT2D eigenvalue weighted by Gasteiger charge is 2.10. The average Bonchev–Trinajstić information content (AvgIpc) is 3.06. The smallest absolute Gasteiger partial charge is 0.194 e. The van der Waals surface area contributed by atoms with Gasteiger partial charge in [0.2, 0.25) is 0 Å². The van der Waals surface area contributed by atoms with Gasteiger partial charge in [0.15, 0.2) is 5.96 Å². The molecule has 0 aromatic carbocycles.